The first-order chi connectivity index (χ1) is 19.1. The summed E-state index contributed by atoms with van der Waals surface area (Å²) >= 11 is 1.71. The minimum Gasteiger partial charge on any atom is -1.00 e. The van der Waals surface area contributed by atoms with Crippen LogP contribution in [0.15, 0.2) is 36.0 Å². The highest BCUT2D eigenvalue weighted by Gasteiger charge is 2.15. The van der Waals surface area contributed by atoms with E-state index in [2.05, 4.69) is 30.1 Å². The topological polar surface area (TPSA) is 48.6 Å². The number of esters is 1. The molecule has 0 aliphatic heterocycles. The van der Waals surface area contributed by atoms with Crippen LogP contribution in [0.2, 0.25) is 0 Å². The molecule has 7 heteroatoms. The molecule has 2 rings (SSSR count). The standard InChI is InChI=1S/C33H54NO4S.BrH/c1-4-6-7-8-9-10-11-12-13-14-15-16-17-18-22-36-26-32(37-5-2)27-38-33(35)31-21-19-20-30(23-31)25-34-24-29(3)39-28-34;/h19-21,23-24,28,32H,4-18,22,25-27H2,1-3H3;1H/q+1;/p-1. The van der Waals surface area contributed by atoms with Gasteiger partial charge in [0.1, 0.15) is 12.7 Å². The number of hydrogen-bond acceptors (Lipinski definition) is 5. The Labute approximate surface area is 258 Å². The first-order valence-corrected chi connectivity index (χ1v) is 16.4. The summed E-state index contributed by atoms with van der Waals surface area (Å²) in [6.07, 6.45) is 20.8. The molecule has 228 valence electrons. The molecule has 0 amide bonds. The van der Waals surface area contributed by atoms with E-state index < -0.39 is 0 Å². The number of rotatable bonds is 24. The predicted molar refractivity (Wildman–Crippen MR) is 162 cm³/mol. The normalized spacial score (nSPS) is 11.8. The van der Waals surface area contributed by atoms with E-state index in [1.165, 1.54) is 88.3 Å². The predicted octanol–water partition coefficient (Wildman–Crippen LogP) is 5.46. The molecule has 0 bridgehead atoms. The molecule has 0 fully saturated rings. The van der Waals surface area contributed by atoms with Crippen LogP contribution >= 0.6 is 11.3 Å². The third-order valence-electron chi connectivity index (χ3n) is 7.00. The SMILES string of the molecule is CCCCCCCCCCCCCCCCOCC(COC(=O)c1cccc(C[n+]2csc(C)c2)c1)OCC.[Br-]. The largest absolute Gasteiger partial charge is 1.00 e. The number of aromatic nitrogens is 1. The minimum absolute atomic E-state index is 0. The summed E-state index contributed by atoms with van der Waals surface area (Å²) < 4.78 is 19.3. The van der Waals surface area contributed by atoms with Crippen molar-refractivity contribution in [1.29, 1.82) is 0 Å². The molecule has 0 saturated carbocycles. The number of thiazole rings is 1. The third kappa shape index (κ3) is 17.5. The molecule has 1 aromatic carbocycles. The second-order valence-electron chi connectivity index (χ2n) is 10.7. The summed E-state index contributed by atoms with van der Waals surface area (Å²) in [7, 11) is 0. The van der Waals surface area contributed by atoms with Crippen LogP contribution in [0.5, 0.6) is 0 Å². The molecule has 0 saturated heterocycles. The fourth-order valence-corrected chi connectivity index (χ4v) is 5.41. The molecular weight excluding hydrogens is 586 g/mol. The zero-order valence-corrected chi connectivity index (χ0v) is 27.7. The summed E-state index contributed by atoms with van der Waals surface area (Å²) in [5.74, 6) is -0.319. The molecule has 1 atom stereocenters. The Hall–Kier alpha value is -1.28. The third-order valence-corrected chi connectivity index (χ3v) is 7.85. The molecule has 40 heavy (non-hydrogen) atoms. The quantitative estimate of drug-likeness (QED) is 0.0870. The molecule has 0 N–H and O–H groups in total. The van der Waals surface area contributed by atoms with Gasteiger partial charge >= 0.3 is 5.97 Å². The maximum Gasteiger partial charge on any atom is 0.338 e. The lowest BCUT2D eigenvalue weighted by Crippen LogP contribution is -3.00. The van der Waals surface area contributed by atoms with Gasteiger partial charge < -0.3 is 31.2 Å². The first-order valence-electron chi connectivity index (χ1n) is 15.5. The highest BCUT2D eigenvalue weighted by Crippen LogP contribution is 2.13. The number of hydrogen-bond donors (Lipinski definition) is 0. The van der Waals surface area contributed by atoms with Gasteiger partial charge in [-0.3, -0.25) is 0 Å². The lowest BCUT2D eigenvalue weighted by atomic mass is 10.0. The van der Waals surface area contributed by atoms with Crippen LogP contribution < -0.4 is 21.5 Å². The summed E-state index contributed by atoms with van der Waals surface area (Å²) in [5, 5.41) is 0. The van der Waals surface area contributed by atoms with Crippen LogP contribution in [0, 0.1) is 6.92 Å². The molecule has 0 radical (unpaired) electrons. The molecule has 5 nitrogen and oxygen atoms in total. The van der Waals surface area contributed by atoms with Crippen molar-refractivity contribution < 1.29 is 40.6 Å². The Balaban J connectivity index is 0.00000800. The summed E-state index contributed by atoms with van der Waals surface area (Å²) in [5.41, 5.74) is 3.73. The lowest BCUT2D eigenvalue weighted by molar-refractivity contribution is -0.683. The monoisotopic (exact) mass is 639 g/mol. The van der Waals surface area contributed by atoms with Crippen molar-refractivity contribution in [3.63, 3.8) is 0 Å². The molecule has 0 aliphatic rings. The van der Waals surface area contributed by atoms with E-state index in [0.717, 1.165) is 25.1 Å². The number of halogens is 1. The molecule has 0 spiro atoms. The smallest absolute Gasteiger partial charge is 0.338 e. The van der Waals surface area contributed by atoms with Crippen molar-refractivity contribution in [2.24, 2.45) is 0 Å². The fraction of sp³-hybridized carbons (Fsp3) is 0.697. The minimum atomic E-state index is -0.319. The van der Waals surface area contributed by atoms with Crippen molar-refractivity contribution in [3.8, 4) is 0 Å². The van der Waals surface area contributed by atoms with E-state index in [-0.39, 0.29) is 35.7 Å². The Morgan fingerprint density at radius 3 is 2.08 bits per heavy atom. The second-order valence-corrected chi connectivity index (χ2v) is 11.8. The van der Waals surface area contributed by atoms with Gasteiger partial charge in [-0.15, -0.1) is 0 Å². The van der Waals surface area contributed by atoms with Gasteiger partial charge in [-0.1, -0.05) is 114 Å². The van der Waals surface area contributed by atoms with Crippen molar-refractivity contribution in [2.45, 2.75) is 123 Å². The fourth-order valence-electron chi connectivity index (χ4n) is 4.78. The first kappa shape index (κ1) is 36.7. The Morgan fingerprint density at radius 2 is 1.50 bits per heavy atom. The second kappa shape index (κ2) is 24.3. The van der Waals surface area contributed by atoms with Crippen molar-refractivity contribution in [2.75, 3.05) is 26.4 Å². The average Bonchev–Trinajstić information content (AvgIpc) is 3.35. The maximum absolute atomic E-state index is 12.7. The number of aryl methyl sites for hydroxylation is 1. The zero-order chi connectivity index (χ0) is 28.0. The Bertz CT molecular complexity index is 891. The van der Waals surface area contributed by atoms with Crippen LogP contribution in [0.1, 0.15) is 125 Å². The number of benzene rings is 1. The Morgan fingerprint density at radius 1 is 0.875 bits per heavy atom. The van der Waals surface area contributed by atoms with E-state index in [1.807, 2.05) is 25.1 Å². The maximum atomic E-state index is 12.7. The summed E-state index contributed by atoms with van der Waals surface area (Å²) in [4.78, 5) is 13.9. The van der Waals surface area contributed by atoms with Crippen molar-refractivity contribution in [1.82, 2.24) is 0 Å². The molecular formula is C33H54BrNO4S. The molecule has 1 aromatic heterocycles. The van der Waals surface area contributed by atoms with Gasteiger partial charge in [-0.2, -0.15) is 4.57 Å². The van der Waals surface area contributed by atoms with Crippen LogP contribution in [0.4, 0.5) is 0 Å². The van der Waals surface area contributed by atoms with Gasteiger partial charge in [0.25, 0.3) is 0 Å². The van der Waals surface area contributed by atoms with E-state index >= 15 is 0 Å². The van der Waals surface area contributed by atoms with E-state index in [9.17, 15) is 4.79 Å². The summed E-state index contributed by atoms with van der Waals surface area (Å²) in [6.45, 7) is 9.02. The number of unbranched alkanes of at least 4 members (excludes halogenated alkanes) is 13. The lowest BCUT2D eigenvalue weighted by Gasteiger charge is -2.17. The average molecular weight is 641 g/mol. The number of carbonyl (C=O) groups excluding carboxylic acids is 1. The van der Waals surface area contributed by atoms with Crippen molar-refractivity contribution >= 4 is 17.3 Å². The summed E-state index contributed by atoms with van der Waals surface area (Å²) in [6, 6.07) is 7.65. The molecule has 1 heterocycles. The van der Waals surface area contributed by atoms with E-state index in [4.69, 9.17) is 14.2 Å². The van der Waals surface area contributed by atoms with Gasteiger partial charge in [-0.05, 0) is 32.4 Å². The van der Waals surface area contributed by atoms with Crippen LogP contribution in [-0.4, -0.2) is 38.5 Å². The molecule has 0 aliphatic carbocycles. The molecule has 1 unspecified atom stereocenters. The molecule has 2 aromatic rings. The zero-order valence-electron chi connectivity index (χ0n) is 25.3. The van der Waals surface area contributed by atoms with Gasteiger partial charge in [0.2, 0.25) is 5.51 Å². The number of ether oxygens (including phenoxy) is 3. The van der Waals surface area contributed by atoms with Crippen LogP contribution in [0.3, 0.4) is 0 Å². The highest BCUT2D eigenvalue weighted by atomic mass is 79.9. The van der Waals surface area contributed by atoms with Gasteiger partial charge in [0.15, 0.2) is 12.7 Å². The number of carbonyl (C=O) groups is 1. The van der Waals surface area contributed by atoms with E-state index in [0.29, 0.717) is 18.8 Å². The number of nitrogens with zero attached hydrogens (tertiary/aromatic N) is 1. The van der Waals surface area contributed by atoms with Gasteiger partial charge in [0.05, 0.1) is 17.0 Å². The van der Waals surface area contributed by atoms with Gasteiger partial charge in [0, 0.05) is 18.8 Å². The van der Waals surface area contributed by atoms with Crippen molar-refractivity contribution in [3.05, 3.63) is 52.0 Å². The van der Waals surface area contributed by atoms with Crippen LogP contribution in [-0.2, 0) is 20.8 Å². The Kier molecular flexibility index (Phi) is 22.4. The van der Waals surface area contributed by atoms with Crippen LogP contribution in [0.25, 0.3) is 0 Å². The van der Waals surface area contributed by atoms with Gasteiger partial charge in [-0.25, -0.2) is 4.79 Å². The van der Waals surface area contributed by atoms with E-state index in [1.54, 1.807) is 17.4 Å². The highest BCUT2D eigenvalue weighted by molar-refractivity contribution is 7.09.